The predicted octanol–water partition coefficient (Wildman–Crippen LogP) is 1.63. The van der Waals surface area contributed by atoms with Crippen molar-refractivity contribution in [1.82, 2.24) is 0 Å². The number of benzene rings is 1. The van der Waals surface area contributed by atoms with Crippen molar-refractivity contribution in [2.24, 2.45) is 5.14 Å². The number of sulfonamides is 1. The molecule has 2 rings (SSSR count). The lowest BCUT2D eigenvalue weighted by Crippen LogP contribution is -2.17. The first-order valence-corrected chi connectivity index (χ1v) is 7.97. The van der Waals surface area contributed by atoms with Crippen LogP contribution < -0.4 is 10.5 Å². The van der Waals surface area contributed by atoms with Gasteiger partial charge in [-0.05, 0) is 24.3 Å². The van der Waals surface area contributed by atoms with E-state index in [1.165, 1.54) is 25.5 Å². The lowest BCUT2D eigenvalue weighted by atomic mass is 10.2. The van der Waals surface area contributed by atoms with Crippen molar-refractivity contribution in [3.63, 3.8) is 0 Å². The van der Waals surface area contributed by atoms with Gasteiger partial charge in [0.2, 0.25) is 10.0 Å². The van der Waals surface area contributed by atoms with E-state index in [0.717, 1.165) is 6.07 Å². The molecule has 23 heavy (non-hydrogen) atoms. The van der Waals surface area contributed by atoms with Gasteiger partial charge in [0, 0.05) is 13.2 Å². The Hall–Kier alpha value is -2.43. The molecule has 9 nitrogen and oxygen atoms in total. The number of nitrogens with one attached hydrogen (secondary N) is 1. The van der Waals surface area contributed by atoms with E-state index in [1.54, 1.807) is 12.1 Å². The third-order valence-electron chi connectivity index (χ3n) is 3.04. The van der Waals surface area contributed by atoms with Gasteiger partial charge in [0.05, 0.1) is 22.7 Å². The molecule has 1 heterocycles. The molecule has 1 atom stereocenters. The third kappa shape index (κ3) is 4.06. The maximum Gasteiger partial charge on any atom is 0.293 e. The third-order valence-corrected chi connectivity index (χ3v) is 3.96. The largest absolute Gasteiger partial charge is 0.467 e. The standard InChI is InChI=1S/C13H15N3O6S/c1-21-8-11(13-3-2-6-22-13)15-10-5-4-9(23(14,19)20)7-12(10)16(17)18/h2-7,11,15H,8H2,1H3,(H2,14,19,20). The summed E-state index contributed by atoms with van der Waals surface area (Å²) >= 11 is 0. The second-order valence-corrected chi connectivity index (χ2v) is 6.21. The van der Waals surface area contributed by atoms with Crippen LogP contribution in [0.5, 0.6) is 0 Å². The first kappa shape index (κ1) is 16.9. The molecule has 0 saturated heterocycles. The average Bonchev–Trinajstić information content (AvgIpc) is 2.99. The molecule has 1 aromatic heterocycles. The lowest BCUT2D eigenvalue weighted by Gasteiger charge is -2.17. The molecule has 0 aliphatic carbocycles. The van der Waals surface area contributed by atoms with Crippen LogP contribution in [0.1, 0.15) is 11.8 Å². The number of rotatable bonds is 7. The van der Waals surface area contributed by atoms with Gasteiger partial charge in [-0.15, -0.1) is 0 Å². The molecule has 1 aromatic carbocycles. The van der Waals surface area contributed by atoms with Crippen molar-refractivity contribution in [2.45, 2.75) is 10.9 Å². The van der Waals surface area contributed by atoms with Crippen LogP contribution in [0.25, 0.3) is 0 Å². The molecule has 1 unspecified atom stereocenters. The molecule has 0 aliphatic heterocycles. The van der Waals surface area contributed by atoms with Crippen LogP contribution in [0, 0.1) is 10.1 Å². The van der Waals surface area contributed by atoms with Crippen LogP contribution in [-0.4, -0.2) is 27.1 Å². The summed E-state index contributed by atoms with van der Waals surface area (Å²) in [4.78, 5) is 10.2. The fourth-order valence-electron chi connectivity index (χ4n) is 2.00. The molecular formula is C13H15N3O6S. The lowest BCUT2D eigenvalue weighted by molar-refractivity contribution is -0.384. The van der Waals surface area contributed by atoms with Gasteiger partial charge in [-0.25, -0.2) is 13.6 Å². The molecule has 2 aromatic rings. The molecule has 0 aliphatic rings. The summed E-state index contributed by atoms with van der Waals surface area (Å²) in [5.74, 6) is 0.525. The van der Waals surface area contributed by atoms with Gasteiger partial charge >= 0.3 is 0 Å². The predicted molar refractivity (Wildman–Crippen MR) is 81.4 cm³/mol. The van der Waals surface area contributed by atoms with Gasteiger partial charge in [0.1, 0.15) is 17.5 Å². The first-order valence-electron chi connectivity index (χ1n) is 6.43. The Morgan fingerprint density at radius 1 is 1.43 bits per heavy atom. The van der Waals surface area contributed by atoms with Crippen LogP contribution >= 0.6 is 0 Å². The zero-order valence-corrected chi connectivity index (χ0v) is 12.9. The number of anilines is 1. The second kappa shape index (κ2) is 6.77. The summed E-state index contributed by atoms with van der Waals surface area (Å²) in [6.07, 6.45) is 1.47. The van der Waals surface area contributed by atoms with E-state index < -0.39 is 26.7 Å². The Balaban J connectivity index is 2.40. The number of hydrogen-bond donors (Lipinski definition) is 2. The van der Waals surface area contributed by atoms with Crippen LogP contribution in [-0.2, 0) is 14.8 Å². The quantitative estimate of drug-likeness (QED) is 0.576. The fraction of sp³-hybridized carbons (Fsp3) is 0.231. The Morgan fingerprint density at radius 3 is 2.70 bits per heavy atom. The summed E-state index contributed by atoms with van der Waals surface area (Å²) in [7, 11) is -2.55. The van der Waals surface area contributed by atoms with Gasteiger partial charge in [-0.3, -0.25) is 10.1 Å². The minimum atomic E-state index is -4.03. The van der Waals surface area contributed by atoms with E-state index in [2.05, 4.69) is 5.32 Å². The maximum absolute atomic E-state index is 11.3. The zero-order valence-electron chi connectivity index (χ0n) is 12.1. The number of methoxy groups -OCH3 is 1. The Labute approximate surface area is 132 Å². The van der Waals surface area contributed by atoms with E-state index in [9.17, 15) is 18.5 Å². The molecule has 0 saturated carbocycles. The van der Waals surface area contributed by atoms with Crippen LogP contribution in [0.4, 0.5) is 11.4 Å². The number of nitrogens with two attached hydrogens (primary N) is 1. The summed E-state index contributed by atoms with van der Waals surface area (Å²) in [6.45, 7) is 0.196. The van der Waals surface area contributed by atoms with E-state index in [4.69, 9.17) is 14.3 Å². The van der Waals surface area contributed by atoms with Crippen molar-refractivity contribution in [3.8, 4) is 0 Å². The highest BCUT2D eigenvalue weighted by molar-refractivity contribution is 7.89. The highest BCUT2D eigenvalue weighted by Gasteiger charge is 2.22. The molecule has 0 radical (unpaired) electrons. The van der Waals surface area contributed by atoms with Crippen molar-refractivity contribution >= 4 is 21.4 Å². The van der Waals surface area contributed by atoms with Crippen molar-refractivity contribution in [3.05, 3.63) is 52.5 Å². The summed E-state index contributed by atoms with van der Waals surface area (Å²) < 4.78 is 33.0. The van der Waals surface area contributed by atoms with Crippen molar-refractivity contribution in [2.75, 3.05) is 19.0 Å². The number of nitrogens with zero attached hydrogens (tertiary/aromatic N) is 1. The highest BCUT2D eigenvalue weighted by atomic mass is 32.2. The number of ether oxygens (including phenoxy) is 1. The van der Waals surface area contributed by atoms with Crippen LogP contribution in [0.15, 0.2) is 45.9 Å². The summed E-state index contributed by atoms with van der Waals surface area (Å²) in [6, 6.07) is 6.28. The molecule has 10 heteroatoms. The molecule has 0 fully saturated rings. The normalized spacial score (nSPS) is 12.8. The van der Waals surface area contributed by atoms with E-state index >= 15 is 0 Å². The zero-order chi connectivity index (χ0) is 17.0. The van der Waals surface area contributed by atoms with Gasteiger partial charge in [0.25, 0.3) is 5.69 Å². The highest BCUT2D eigenvalue weighted by Crippen LogP contribution is 2.30. The van der Waals surface area contributed by atoms with Crippen LogP contribution in [0.3, 0.4) is 0 Å². The van der Waals surface area contributed by atoms with Gasteiger partial charge in [-0.1, -0.05) is 0 Å². The maximum atomic E-state index is 11.3. The average molecular weight is 341 g/mol. The minimum Gasteiger partial charge on any atom is -0.467 e. The van der Waals surface area contributed by atoms with Gasteiger partial charge in [-0.2, -0.15) is 0 Å². The number of nitro groups is 1. The number of hydrogen-bond acceptors (Lipinski definition) is 7. The van der Waals surface area contributed by atoms with Gasteiger partial charge in [0.15, 0.2) is 0 Å². The van der Waals surface area contributed by atoms with E-state index in [0.29, 0.717) is 5.76 Å². The van der Waals surface area contributed by atoms with E-state index in [1.807, 2.05) is 0 Å². The fourth-order valence-corrected chi connectivity index (χ4v) is 2.53. The Bertz CT molecular complexity index is 788. The van der Waals surface area contributed by atoms with E-state index in [-0.39, 0.29) is 17.2 Å². The monoisotopic (exact) mass is 341 g/mol. The molecule has 0 amide bonds. The molecule has 0 bridgehead atoms. The molecule has 3 N–H and O–H groups in total. The second-order valence-electron chi connectivity index (χ2n) is 4.65. The summed E-state index contributed by atoms with van der Waals surface area (Å²) in [5.41, 5.74) is -0.287. The number of nitro benzene ring substituents is 1. The van der Waals surface area contributed by atoms with Crippen molar-refractivity contribution < 1.29 is 22.5 Å². The topological polar surface area (TPSA) is 138 Å². The molecular weight excluding hydrogens is 326 g/mol. The van der Waals surface area contributed by atoms with Crippen molar-refractivity contribution in [1.29, 1.82) is 0 Å². The Kier molecular flexibility index (Phi) is 4.98. The van der Waals surface area contributed by atoms with Gasteiger partial charge < -0.3 is 14.5 Å². The first-order chi connectivity index (χ1) is 10.8. The molecule has 0 spiro atoms. The molecule has 124 valence electrons. The smallest absolute Gasteiger partial charge is 0.293 e. The minimum absolute atomic E-state index is 0.126. The SMILES string of the molecule is COCC(Nc1ccc(S(N)(=O)=O)cc1[N+](=O)[O-])c1ccco1. The Morgan fingerprint density at radius 2 is 2.17 bits per heavy atom. The summed E-state index contributed by atoms with van der Waals surface area (Å²) in [5, 5.41) is 19.1. The van der Waals surface area contributed by atoms with Crippen LogP contribution in [0.2, 0.25) is 0 Å². The number of furan rings is 1. The number of primary sulfonamides is 1.